The van der Waals surface area contributed by atoms with Crippen LogP contribution in [0.3, 0.4) is 0 Å². The molecule has 0 radical (unpaired) electrons. The summed E-state index contributed by atoms with van der Waals surface area (Å²) in [5.74, 6) is -0.0729. The topological polar surface area (TPSA) is 42.0 Å². The van der Waals surface area contributed by atoms with Gasteiger partial charge in [0.25, 0.3) is 5.91 Å². The zero-order chi connectivity index (χ0) is 19.4. The Labute approximate surface area is 169 Å². The normalized spacial score (nSPS) is 11.1. The molecule has 0 aliphatic rings. The minimum absolute atomic E-state index is 0.0729. The molecular formula is C23H25BrN2O. The summed E-state index contributed by atoms with van der Waals surface area (Å²) in [4.78, 5) is 17.6. The predicted octanol–water partition coefficient (Wildman–Crippen LogP) is 6.15. The van der Waals surface area contributed by atoms with Gasteiger partial charge in [-0.05, 0) is 56.5 Å². The second kappa shape index (κ2) is 8.66. The quantitative estimate of drug-likeness (QED) is 0.515. The van der Waals surface area contributed by atoms with E-state index >= 15 is 0 Å². The number of aryl methyl sites for hydroxylation is 1. The van der Waals surface area contributed by atoms with Crippen LogP contribution in [-0.2, 0) is 6.42 Å². The van der Waals surface area contributed by atoms with E-state index < -0.39 is 0 Å². The third-order valence-electron chi connectivity index (χ3n) is 4.50. The molecule has 0 saturated heterocycles. The van der Waals surface area contributed by atoms with E-state index in [4.69, 9.17) is 4.98 Å². The molecule has 3 aromatic rings. The molecule has 0 bridgehead atoms. The average Bonchev–Trinajstić information content (AvgIpc) is 2.65. The molecule has 0 saturated carbocycles. The van der Waals surface area contributed by atoms with Crippen molar-refractivity contribution in [3.8, 4) is 11.3 Å². The summed E-state index contributed by atoms with van der Waals surface area (Å²) in [7, 11) is 0. The molecule has 0 atom stereocenters. The molecule has 3 rings (SSSR count). The van der Waals surface area contributed by atoms with Gasteiger partial charge in [0.2, 0.25) is 0 Å². The molecular weight excluding hydrogens is 400 g/mol. The van der Waals surface area contributed by atoms with Crippen molar-refractivity contribution in [3.63, 3.8) is 0 Å². The van der Waals surface area contributed by atoms with Crippen LogP contribution in [0, 0.1) is 0 Å². The minimum Gasteiger partial charge on any atom is -0.350 e. The van der Waals surface area contributed by atoms with Crippen molar-refractivity contribution < 1.29 is 4.79 Å². The Morgan fingerprint density at radius 1 is 1.11 bits per heavy atom. The molecule has 1 aromatic heterocycles. The lowest BCUT2D eigenvalue weighted by Crippen LogP contribution is -2.30. The van der Waals surface area contributed by atoms with E-state index in [2.05, 4.69) is 52.4 Å². The largest absolute Gasteiger partial charge is 0.350 e. The lowest BCUT2D eigenvalue weighted by atomic mass is 10.0. The standard InChI is InChI=1S/C23H25BrN2O/c1-4-5-6-16-7-9-17(10-8-16)22-14-20(23(27)25-15(2)3)19-13-18(24)11-12-21(19)26-22/h7-15H,4-6H2,1-3H3,(H,25,27). The maximum atomic E-state index is 12.8. The Hall–Kier alpha value is -2.20. The molecule has 4 heteroatoms. The molecule has 1 heterocycles. The number of hydrogen-bond donors (Lipinski definition) is 1. The molecule has 0 fully saturated rings. The second-order valence-electron chi connectivity index (χ2n) is 7.15. The van der Waals surface area contributed by atoms with Crippen molar-refractivity contribution >= 4 is 32.7 Å². The number of carbonyl (C=O) groups excluding carboxylic acids is 1. The molecule has 0 aliphatic carbocycles. The highest BCUT2D eigenvalue weighted by Gasteiger charge is 2.15. The van der Waals surface area contributed by atoms with Crippen molar-refractivity contribution in [2.24, 2.45) is 0 Å². The molecule has 0 spiro atoms. The third-order valence-corrected chi connectivity index (χ3v) is 5.00. The van der Waals surface area contributed by atoms with E-state index in [1.807, 2.05) is 38.1 Å². The Bertz CT molecular complexity index is 948. The van der Waals surface area contributed by atoms with E-state index in [9.17, 15) is 4.79 Å². The number of aromatic nitrogens is 1. The van der Waals surface area contributed by atoms with Gasteiger partial charge in [-0.3, -0.25) is 4.79 Å². The minimum atomic E-state index is -0.0729. The number of benzene rings is 2. The summed E-state index contributed by atoms with van der Waals surface area (Å²) in [5, 5.41) is 3.85. The monoisotopic (exact) mass is 424 g/mol. The summed E-state index contributed by atoms with van der Waals surface area (Å²) in [5.41, 5.74) is 4.65. The zero-order valence-electron chi connectivity index (χ0n) is 16.1. The summed E-state index contributed by atoms with van der Waals surface area (Å²) in [6, 6.07) is 16.3. The number of carbonyl (C=O) groups is 1. The molecule has 3 nitrogen and oxygen atoms in total. The van der Waals surface area contributed by atoms with E-state index in [1.165, 1.54) is 18.4 Å². The molecule has 27 heavy (non-hydrogen) atoms. The number of nitrogens with zero attached hydrogens (tertiary/aromatic N) is 1. The van der Waals surface area contributed by atoms with Crippen LogP contribution < -0.4 is 5.32 Å². The highest BCUT2D eigenvalue weighted by atomic mass is 79.9. The number of fused-ring (bicyclic) bond motifs is 1. The molecule has 1 N–H and O–H groups in total. The van der Waals surface area contributed by atoms with Gasteiger partial charge in [-0.2, -0.15) is 0 Å². The first kappa shape index (κ1) is 19.6. The Kier molecular flexibility index (Phi) is 6.27. The van der Waals surface area contributed by atoms with Crippen molar-refractivity contribution in [2.75, 3.05) is 0 Å². The van der Waals surface area contributed by atoms with Crippen LogP contribution in [0.25, 0.3) is 22.2 Å². The van der Waals surface area contributed by atoms with Gasteiger partial charge in [-0.15, -0.1) is 0 Å². The van der Waals surface area contributed by atoms with Gasteiger partial charge in [-0.25, -0.2) is 4.98 Å². The van der Waals surface area contributed by atoms with Gasteiger partial charge in [0.15, 0.2) is 0 Å². The fourth-order valence-electron chi connectivity index (χ4n) is 3.10. The van der Waals surface area contributed by atoms with Crippen LogP contribution in [0.2, 0.25) is 0 Å². The maximum absolute atomic E-state index is 12.8. The zero-order valence-corrected chi connectivity index (χ0v) is 17.6. The number of hydrogen-bond acceptors (Lipinski definition) is 2. The number of amides is 1. The first-order valence-corrected chi connectivity index (χ1v) is 10.3. The molecule has 0 aliphatic heterocycles. The SMILES string of the molecule is CCCCc1ccc(-c2cc(C(=O)NC(C)C)c3cc(Br)ccc3n2)cc1. The van der Waals surface area contributed by atoms with Crippen LogP contribution >= 0.6 is 15.9 Å². The van der Waals surface area contributed by atoms with Crippen LogP contribution in [0.1, 0.15) is 49.5 Å². The first-order valence-electron chi connectivity index (χ1n) is 9.48. The highest BCUT2D eigenvalue weighted by Crippen LogP contribution is 2.27. The van der Waals surface area contributed by atoms with Gasteiger partial charge < -0.3 is 5.32 Å². The number of rotatable bonds is 6. The Balaban J connectivity index is 2.05. The van der Waals surface area contributed by atoms with E-state index in [0.29, 0.717) is 5.56 Å². The van der Waals surface area contributed by atoms with Gasteiger partial charge in [0, 0.05) is 21.5 Å². The molecule has 140 valence electrons. The number of halogens is 1. The third kappa shape index (κ3) is 4.75. The van der Waals surface area contributed by atoms with Crippen LogP contribution in [-0.4, -0.2) is 16.9 Å². The Morgan fingerprint density at radius 3 is 2.52 bits per heavy atom. The maximum Gasteiger partial charge on any atom is 0.252 e. The van der Waals surface area contributed by atoms with Crippen molar-refractivity contribution in [3.05, 3.63) is 64.1 Å². The second-order valence-corrected chi connectivity index (χ2v) is 8.06. The summed E-state index contributed by atoms with van der Waals surface area (Å²) in [6.07, 6.45) is 3.48. The molecule has 1 amide bonds. The number of pyridine rings is 1. The molecule has 0 unspecified atom stereocenters. The number of nitrogens with one attached hydrogen (secondary N) is 1. The van der Waals surface area contributed by atoms with Gasteiger partial charge in [0.1, 0.15) is 0 Å². The lowest BCUT2D eigenvalue weighted by molar-refractivity contribution is 0.0945. The fraction of sp³-hybridized carbons (Fsp3) is 0.304. The summed E-state index contributed by atoms with van der Waals surface area (Å²) in [6.45, 7) is 6.13. The average molecular weight is 425 g/mol. The van der Waals surface area contributed by atoms with Crippen molar-refractivity contribution in [1.29, 1.82) is 0 Å². The Morgan fingerprint density at radius 2 is 1.85 bits per heavy atom. The predicted molar refractivity (Wildman–Crippen MR) is 116 cm³/mol. The van der Waals surface area contributed by atoms with Gasteiger partial charge in [0.05, 0.1) is 16.8 Å². The van der Waals surface area contributed by atoms with Crippen LogP contribution in [0.4, 0.5) is 0 Å². The van der Waals surface area contributed by atoms with E-state index in [0.717, 1.165) is 33.1 Å². The fourth-order valence-corrected chi connectivity index (χ4v) is 3.46. The highest BCUT2D eigenvalue weighted by molar-refractivity contribution is 9.10. The van der Waals surface area contributed by atoms with Crippen LogP contribution in [0.5, 0.6) is 0 Å². The first-order chi connectivity index (χ1) is 13.0. The summed E-state index contributed by atoms with van der Waals surface area (Å²) >= 11 is 3.50. The van der Waals surface area contributed by atoms with Gasteiger partial charge in [-0.1, -0.05) is 53.5 Å². The molecule has 2 aromatic carbocycles. The van der Waals surface area contributed by atoms with Crippen LogP contribution in [0.15, 0.2) is 53.0 Å². The summed E-state index contributed by atoms with van der Waals surface area (Å²) < 4.78 is 0.934. The van der Waals surface area contributed by atoms with Crippen molar-refractivity contribution in [1.82, 2.24) is 10.3 Å². The van der Waals surface area contributed by atoms with Gasteiger partial charge >= 0.3 is 0 Å². The van der Waals surface area contributed by atoms with E-state index in [1.54, 1.807) is 0 Å². The van der Waals surface area contributed by atoms with E-state index in [-0.39, 0.29) is 11.9 Å². The lowest BCUT2D eigenvalue weighted by Gasteiger charge is -2.13. The number of unbranched alkanes of at least 4 members (excludes halogenated alkanes) is 1. The smallest absolute Gasteiger partial charge is 0.252 e. The van der Waals surface area contributed by atoms with Crippen molar-refractivity contribution in [2.45, 2.75) is 46.1 Å².